The fraction of sp³-hybridized carbons (Fsp3) is 0.438. The molecule has 1 atom stereocenters. The first kappa shape index (κ1) is 17.7. The summed E-state index contributed by atoms with van der Waals surface area (Å²) in [5.41, 5.74) is 6.20. The molecule has 0 aromatic heterocycles. The topological polar surface area (TPSA) is 102 Å². The van der Waals surface area contributed by atoms with E-state index in [0.717, 1.165) is 5.56 Å². The van der Waals surface area contributed by atoms with Crippen molar-refractivity contribution in [3.8, 4) is 0 Å². The van der Waals surface area contributed by atoms with Gasteiger partial charge in [-0.1, -0.05) is 30.3 Å². The van der Waals surface area contributed by atoms with Crippen molar-refractivity contribution in [2.45, 2.75) is 12.6 Å². The Kier molecular flexibility index (Phi) is 6.14. The second kappa shape index (κ2) is 8.30. The van der Waals surface area contributed by atoms with Gasteiger partial charge in [-0.2, -0.15) is 0 Å². The Balaban J connectivity index is 2.02. The molecule has 8 heteroatoms. The molecule has 0 saturated carbocycles. The molecule has 1 aromatic carbocycles. The predicted octanol–water partition coefficient (Wildman–Crippen LogP) is -0.0323. The van der Waals surface area contributed by atoms with Gasteiger partial charge >= 0.3 is 12.1 Å². The molecule has 1 heterocycles. The zero-order valence-electron chi connectivity index (χ0n) is 13.5. The zero-order chi connectivity index (χ0) is 17.5. The first-order valence-electron chi connectivity index (χ1n) is 7.59. The first-order valence-corrected chi connectivity index (χ1v) is 7.59. The number of piperazine rings is 1. The van der Waals surface area contributed by atoms with Crippen LogP contribution in [0.25, 0.3) is 0 Å². The van der Waals surface area contributed by atoms with Gasteiger partial charge in [0.15, 0.2) is 6.04 Å². The fourth-order valence-corrected chi connectivity index (χ4v) is 2.50. The van der Waals surface area contributed by atoms with Crippen molar-refractivity contribution >= 4 is 18.0 Å². The van der Waals surface area contributed by atoms with Crippen LogP contribution in [0.15, 0.2) is 30.3 Å². The summed E-state index contributed by atoms with van der Waals surface area (Å²) in [6, 6.07) is 8.33. The minimum absolute atomic E-state index is 0.0448. The van der Waals surface area contributed by atoms with Crippen LogP contribution in [0.4, 0.5) is 4.79 Å². The number of carbonyl (C=O) groups is 3. The fourth-order valence-electron chi connectivity index (χ4n) is 2.50. The molecule has 1 saturated heterocycles. The largest absolute Gasteiger partial charge is 0.467 e. The summed E-state index contributed by atoms with van der Waals surface area (Å²) in [5, 5.41) is 0. The smallest absolute Gasteiger partial charge is 0.410 e. The number of rotatable bonds is 4. The number of benzene rings is 1. The summed E-state index contributed by atoms with van der Waals surface area (Å²) in [6.45, 7) is 0.480. The minimum atomic E-state index is -0.900. The van der Waals surface area contributed by atoms with E-state index in [4.69, 9.17) is 15.2 Å². The molecule has 1 aliphatic rings. The Morgan fingerprint density at radius 3 is 2.54 bits per heavy atom. The van der Waals surface area contributed by atoms with E-state index in [0.29, 0.717) is 6.54 Å². The number of esters is 1. The highest BCUT2D eigenvalue weighted by Crippen LogP contribution is 2.14. The summed E-state index contributed by atoms with van der Waals surface area (Å²) in [7, 11) is 1.24. The number of nitrogens with zero attached hydrogens (tertiary/aromatic N) is 2. The molecule has 2 amide bonds. The van der Waals surface area contributed by atoms with Gasteiger partial charge in [0.05, 0.1) is 20.2 Å². The third-order valence-corrected chi connectivity index (χ3v) is 3.82. The number of hydrogen-bond acceptors (Lipinski definition) is 6. The number of hydrogen-bond donors (Lipinski definition) is 1. The van der Waals surface area contributed by atoms with Crippen LogP contribution in [0.1, 0.15) is 5.56 Å². The van der Waals surface area contributed by atoms with Crippen LogP contribution >= 0.6 is 0 Å². The van der Waals surface area contributed by atoms with Crippen LogP contribution in [0, 0.1) is 0 Å². The van der Waals surface area contributed by atoms with E-state index in [-0.39, 0.29) is 32.1 Å². The van der Waals surface area contributed by atoms with Gasteiger partial charge in [0.1, 0.15) is 6.61 Å². The van der Waals surface area contributed by atoms with Gasteiger partial charge in [0.25, 0.3) is 0 Å². The van der Waals surface area contributed by atoms with Crippen molar-refractivity contribution in [2.75, 3.05) is 33.3 Å². The molecule has 1 fully saturated rings. The predicted molar refractivity (Wildman–Crippen MR) is 84.8 cm³/mol. The Bertz CT molecular complexity index is 593. The lowest BCUT2D eigenvalue weighted by atomic mass is 10.1. The van der Waals surface area contributed by atoms with E-state index in [1.807, 2.05) is 30.3 Å². The van der Waals surface area contributed by atoms with E-state index in [9.17, 15) is 14.4 Å². The molecular formula is C16H21N3O5. The highest BCUT2D eigenvalue weighted by atomic mass is 16.6. The molecule has 0 bridgehead atoms. The maximum absolute atomic E-state index is 12.3. The molecule has 0 unspecified atom stereocenters. The maximum atomic E-state index is 12.3. The van der Waals surface area contributed by atoms with Crippen molar-refractivity contribution in [1.82, 2.24) is 9.80 Å². The highest BCUT2D eigenvalue weighted by molar-refractivity contribution is 5.84. The van der Waals surface area contributed by atoms with Crippen LogP contribution in [0.5, 0.6) is 0 Å². The molecule has 24 heavy (non-hydrogen) atoms. The second-order valence-electron chi connectivity index (χ2n) is 5.32. The summed E-state index contributed by atoms with van der Waals surface area (Å²) in [5.74, 6) is -0.873. The van der Waals surface area contributed by atoms with Crippen molar-refractivity contribution in [2.24, 2.45) is 5.73 Å². The normalized spacial score (nSPS) is 17.3. The van der Waals surface area contributed by atoms with Crippen LogP contribution in [-0.2, 0) is 25.7 Å². The van der Waals surface area contributed by atoms with Crippen molar-refractivity contribution in [1.29, 1.82) is 0 Å². The molecule has 8 nitrogen and oxygen atoms in total. The third kappa shape index (κ3) is 4.23. The molecule has 1 aliphatic heterocycles. The molecule has 0 spiro atoms. The molecule has 0 radical (unpaired) electrons. The molecule has 1 aromatic rings. The Morgan fingerprint density at radius 2 is 1.92 bits per heavy atom. The van der Waals surface area contributed by atoms with Gasteiger partial charge in [-0.15, -0.1) is 0 Å². The van der Waals surface area contributed by atoms with Crippen LogP contribution in [0.3, 0.4) is 0 Å². The monoisotopic (exact) mass is 335 g/mol. The van der Waals surface area contributed by atoms with Crippen molar-refractivity contribution in [3.63, 3.8) is 0 Å². The van der Waals surface area contributed by atoms with Crippen LogP contribution in [0.2, 0.25) is 0 Å². The quantitative estimate of drug-likeness (QED) is 0.775. The summed E-state index contributed by atoms with van der Waals surface area (Å²) in [4.78, 5) is 38.7. The van der Waals surface area contributed by atoms with Gasteiger partial charge in [-0.3, -0.25) is 9.69 Å². The van der Waals surface area contributed by atoms with Crippen molar-refractivity contribution < 1.29 is 23.9 Å². The Morgan fingerprint density at radius 1 is 1.21 bits per heavy atom. The third-order valence-electron chi connectivity index (χ3n) is 3.82. The molecule has 2 rings (SSSR count). The molecule has 0 aliphatic carbocycles. The van der Waals surface area contributed by atoms with Gasteiger partial charge in [0, 0.05) is 13.1 Å². The summed E-state index contributed by atoms with van der Waals surface area (Å²) in [6.07, 6.45) is -0.617. The Labute approximate surface area is 140 Å². The lowest BCUT2D eigenvalue weighted by Gasteiger charge is -2.38. The standard InChI is InChI=1S/C16H21N3O5/c1-23-15(21)13-10-18(14(20)9-17)7-8-19(13)16(22)24-11-12-5-3-2-4-6-12/h2-6,13H,7-11,17H2,1H3/t13-/m0/s1. The molecule has 2 N–H and O–H groups in total. The average molecular weight is 335 g/mol. The second-order valence-corrected chi connectivity index (χ2v) is 5.32. The van der Waals surface area contributed by atoms with Gasteiger partial charge in [-0.25, -0.2) is 9.59 Å². The maximum Gasteiger partial charge on any atom is 0.410 e. The van der Waals surface area contributed by atoms with E-state index >= 15 is 0 Å². The minimum Gasteiger partial charge on any atom is -0.467 e. The SMILES string of the molecule is COC(=O)[C@@H]1CN(C(=O)CN)CCN1C(=O)OCc1ccccc1. The number of carbonyl (C=O) groups excluding carboxylic acids is 3. The van der Waals surface area contributed by atoms with E-state index in [1.165, 1.54) is 16.9 Å². The number of amides is 2. The average Bonchev–Trinajstić information content (AvgIpc) is 2.65. The molecule has 130 valence electrons. The lowest BCUT2D eigenvalue weighted by Crippen LogP contribution is -2.60. The van der Waals surface area contributed by atoms with Gasteiger partial charge in [0.2, 0.25) is 5.91 Å². The van der Waals surface area contributed by atoms with Crippen LogP contribution in [-0.4, -0.2) is 67.1 Å². The lowest BCUT2D eigenvalue weighted by molar-refractivity contribution is -0.150. The number of ether oxygens (including phenoxy) is 2. The van der Waals surface area contributed by atoms with E-state index in [2.05, 4.69) is 0 Å². The zero-order valence-corrected chi connectivity index (χ0v) is 13.5. The highest BCUT2D eigenvalue weighted by Gasteiger charge is 2.38. The summed E-state index contributed by atoms with van der Waals surface area (Å²) < 4.78 is 10.0. The van der Waals surface area contributed by atoms with E-state index in [1.54, 1.807) is 0 Å². The van der Waals surface area contributed by atoms with Gasteiger partial charge < -0.3 is 20.1 Å². The van der Waals surface area contributed by atoms with Crippen molar-refractivity contribution in [3.05, 3.63) is 35.9 Å². The summed E-state index contributed by atoms with van der Waals surface area (Å²) >= 11 is 0. The van der Waals surface area contributed by atoms with Gasteiger partial charge in [-0.05, 0) is 5.56 Å². The Hall–Kier alpha value is -2.61. The van der Waals surface area contributed by atoms with Crippen LogP contribution < -0.4 is 5.73 Å². The van der Waals surface area contributed by atoms with E-state index < -0.39 is 18.1 Å². The number of methoxy groups -OCH3 is 1. The first-order chi connectivity index (χ1) is 11.6. The molecular weight excluding hydrogens is 314 g/mol. The number of nitrogens with two attached hydrogens (primary N) is 1.